The predicted octanol–water partition coefficient (Wildman–Crippen LogP) is 2.80. The van der Waals surface area contributed by atoms with Crippen LogP contribution < -0.4 is 11.1 Å². The molecule has 8 nitrogen and oxygen atoms in total. The fourth-order valence-corrected chi connectivity index (χ4v) is 2.85. The molecule has 2 amide bonds. The third-order valence-electron chi connectivity index (χ3n) is 4.42. The van der Waals surface area contributed by atoms with Crippen molar-refractivity contribution in [3.8, 4) is 0 Å². The molecule has 4 N–H and O–H groups in total. The van der Waals surface area contributed by atoms with Crippen LogP contribution in [0.2, 0.25) is 0 Å². The highest BCUT2D eigenvalue weighted by atomic mass is 19.4. The first-order chi connectivity index (χ1) is 14.3. The van der Waals surface area contributed by atoms with Crippen molar-refractivity contribution < 1.29 is 27.9 Å². The van der Waals surface area contributed by atoms with Crippen LogP contribution in [0.5, 0.6) is 0 Å². The van der Waals surface area contributed by atoms with Crippen molar-refractivity contribution in [2.24, 2.45) is 5.73 Å². The highest BCUT2D eigenvalue weighted by Gasteiger charge is 2.33. The molecule has 164 valence electrons. The number of fused-ring (bicyclic) bond motifs is 1. The number of imidazole rings is 1. The topological polar surface area (TPSA) is 123 Å². The van der Waals surface area contributed by atoms with Gasteiger partial charge < -0.3 is 20.6 Å². The molecule has 0 radical (unpaired) electrons. The van der Waals surface area contributed by atoms with Gasteiger partial charge in [-0.1, -0.05) is 6.07 Å². The maximum Gasteiger partial charge on any atom is 0.433 e. The van der Waals surface area contributed by atoms with E-state index < -0.39 is 35.0 Å². The Morgan fingerprint density at radius 1 is 1.19 bits per heavy atom. The van der Waals surface area contributed by atoms with Gasteiger partial charge in [-0.3, -0.25) is 9.59 Å². The molecule has 0 aromatic carbocycles. The lowest BCUT2D eigenvalue weighted by atomic mass is 10.0. The molecule has 0 aliphatic rings. The summed E-state index contributed by atoms with van der Waals surface area (Å²) in [6, 6.07) is 4.30. The van der Waals surface area contributed by atoms with Crippen LogP contribution in [0.4, 0.5) is 18.9 Å². The van der Waals surface area contributed by atoms with Crippen LogP contribution >= 0.6 is 0 Å². The first kappa shape index (κ1) is 22.2. The van der Waals surface area contributed by atoms with Gasteiger partial charge in [0, 0.05) is 12.4 Å². The zero-order chi connectivity index (χ0) is 23.0. The maximum absolute atomic E-state index is 12.9. The number of anilines is 1. The van der Waals surface area contributed by atoms with Crippen molar-refractivity contribution in [3.63, 3.8) is 0 Å². The predicted molar refractivity (Wildman–Crippen MR) is 106 cm³/mol. The first-order valence-electron chi connectivity index (χ1n) is 9.23. The number of nitrogens with two attached hydrogens (primary N) is 1. The van der Waals surface area contributed by atoms with Crippen LogP contribution in [0.15, 0.2) is 36.7 Å². The van der Waals surface area contributed by atoms with E-state index in [0.29, 0.717) is 24.2 Å². The molecule has 0 atom stereocenters. The van der Waals surface area contributed by atoms with E-state index in [1.54, 1.807) is 24.4 Å². The molecule has 3 aromatic heterocycles. The van der Waals surface area contributed by atoms with E-state index in [4.69, 9.17) is 5.73 Å². The Bertz CT molecular complexity index is 1150. The third kappa shape index (κ3) is 5.37. The van der Waals surface area contributed by atoms with Crippen LogP contribution in [-0.2, 0) is 12.6 Å². The van der Waals surface area contributed by atoms with Crippen molar-refractivity contribution in [2.45, 2.75) is 38.5 Å². The van der Waals surface area contributed by atoms with Crippen molar-refractivity contribution in [1.29, 1.82) is 0 Å². The fourth-order valence-electron chi connectivity index (χ4n) is 2.85. The van der Waals surface area contributed by atoms with E-state index in [2.05, 4.69) is 15.3 Å². The summed E-state index contributed by atoms with van der Waals surface area (Å²) in [7, 11) is 0. The number of nitrogens with one attached hydrogen (secondary N) is 1. The Morgan fingerprint density at radius 3 is 2.52 bits per heavy atom. The van der Waals surface area contributed by atoms with Gasteiger partial charge in [-0.15, -0.1) is 0 Å². The number of hydrogen-bond donors (Lipinski definition) is 3. The normalized spacial score (nSPS) is 12.2. The molecule has 0 aliphatic carbocycles. The average molecular weight is 435 g/mol. The second-order valence-corrected chi connectivity index (χ2v) is 7.64. The summed E-state index contributed by atoms with van der Waals surface area (Å²) in [4.78, 5) is 32.0. The maximum atomic E-state index is 12.9. The summed E-state index contributed by atoms with van der Waals surface area (Å²) in [5.41, 5.74) is 3.79. The molecule has 0 saturated heterocycles. The molecule has 0 bridgehead atoms. The number of halogens is 3. The number of aryl methyl sites for hydroxylation is 1. The molecule has 0 aliphatic heterocycles. The lowest BCUT2D eigenvalue weighted by Crippen LogP contribution is -2.20. The highest BCUT2D eigenvalue weighted by Crippen LogP contribution is 2.27. The zero-order valence-corrected chi connectivity index (χ0v) is 16.7. The van der Waals surface area contributed by atoms with E-state index in [9.17, 15) is 27.9 Å². The molecule has 0 unspecified atom stereocenters. The van der Waals surface area contributed by atoms with Crippen LogP contribution in [0, 0.1) is 0 Å². The molecule has 11 heteroatoms. The fraction of sp³-hybridized carbons (Fsp3) is 0.300. The largest absolute Gasteiger partial charge is 0.433 e. The van der Waals surface area contributed by atoms with Gasteiger partial charge in [0.2, 0.25) is 0 Å². The number of pyridine rings is 2. The highest BCUT2D eigenvalue weighted by molar-refractivity contribution is 6.08. The summed E-state index contributed by atoms with van der Waals surface area (Å²) in [5, 5.41) is 12.3. The van der Waals surface area contributed by atoms with Crippen LogP contribution in [0.3, 0.4) is 0 Å². The molecule has 0 fully saturated rings. The number of amides is 2. The van der Waals surface area contributed by atoms with E-state index in [-0.39, 0.29) is 11.3 Å². The van der Waals surface area contributed by atoms with E-state index in [1.807, 2.05) is 0 Å². The Kier molecular flexibility index (Phi) is 5.72. The average Bonchev–Trinajstić information content (AvgIpc) is 3.06. The number of hydrogen-bond acceptors (Lipinski definition) is 5. The molecular weight excluding hydrogens is 415 g/mol. The smallest absolute Gasteiger partial charge is 0.390 e. The van der Waals surface area contributed by atoms with Gasteiger partial charge in [-0.25, -0.2) is 9.97 Å². The number of nitrogens with zero attached hydrogens (tertiary/aromatic N) is 3. The Hall–Kier alpha value is -3.47. The van der Waals surface area contributed by atoms with Gasteiger partial charge in [0.05, 0.1) is 22.5 Å². The number of aliphatic hydroxyl groups is 1. The summed E-state index contributed by atoms with van der Waals surface area (Å²) >= 11 is 0. The molecule has 31 heavy (non-hydrogen) atoms. The molecule has 3 aromatic rings. The van der Waals surface area contributed by atoms with Gasteiger partial charge in [0.1, 0.15) is 17.0 Å². The zero-order valence-electron chi connectivity index (χ0n) is 16.7. The van der Waals surface area contributed by atoms with Gasteiger partial charge in [-0.2, -0.15) is 13.2 Å². The van der Waals surface area contributed by atoms with Crippen molar-refractivity contribution in [3.05, 3.63) is 59.3 Å². The second kappa shape index (κ2) is 7.99. The number of carbonyl (C=O) groups excluding carboxylic acids is 2. The molecule has 0 spiro atoms. The number of aromatic nitrogens is 3. The quantitative estimate of drug-likeness (QED) is 0.550. The third-order valence-corrected chi connectivity index (χ3v) is 4.42. The standard InChI is InChI=1S/C20H20F3N5O3/c1-19(2,31)7-6-11-9-28-10-14(12(17(24)29)8-16(28)25-11)27-18(30)13-4-3-5-15(26-13)20(21,22)23/h3-5,8-10,31H,6-7H2,1-2H3,(H2,24,29)(H,27,30). The lowest BCUT2D eigenvalue weighted by Gasteiger charge is -2.15. The van der Waals surface area contributed by atoms with Crippen LogP contribution in [0.1, 0.15) is 52.5 Å². The lowest BCUT2D eigenvalue weighted by molar-refractivity contribution is -0.141. The van der Waals surface area contributed by atoms with Crippen molar-refractivity contribution in [1.82, 2.24) is 14.4 Å². The minimum Gasteiger partial charge on any atom is -0.390 e. The number of alkyl halides is 3. The van der Waals surface area contributed by atoms with Crippen LogP contribution in [-0.4, -0.2) is 36.9 Å². The first-order valence-corrected chi connectivity index (χ1v) is 9.23. The molecular formula is C20H20F3N5O3. The Morgan fingerprint density at radius 2 is 1.90 bits per heavy atom. The number of carbonyl (C=O) groups is 2. The SMILES string of the molecule is CC(C)(O)CCc1cn2cc(NC(=O)c3cccc(C(F)(F)F)n3)c(C(N)=O)cc2n1. The van der Waals surface area contributed by atoms with E-state index in [0.717, 1.165) is 18.2 Å². The molecule has 3 heterocycles. The van der Waals surface area contributed by atoms with Crippen molar-refractivity contribution >= 4 is 23.1 Å². The monoisotopic (exact) mass is 435 g/mol. The van der Waals surface area contributed by atoms with Crippen molar-refractivity contribution in [2.75, 3.05) is 5.32 Å². The minimum atomic E-state index is -4.70. The number of primary amides is 1. The summed E-state index contributed by atoms with van der Waals surface area (Å²) < 4.78 is 40.1. The van der Waals surface area contributed by atoms with E-state index in [1.165, 1.54) is 12.3 Å². The molecule has 0 saturated carbocycles. The summed E-state index contributed by atoms with van der Waals surface area (Å²) in [6.45, 7) is 3.34. The van der Waals surface area contributed by atoms with Gasteiger partial charge in [0.15, 0.2) is 0 Å². The van der Waals surface area contributed by atoms with Crippen LogP contribution in [0.25, 0.3) is 5.65 Å². The van der Waals surface area contributed by atoms with Gasteiger partial charge in [0.25, 0.3) is 11.8 Å². The minimum absolute atomic E-state index is 0.00403. The summed E-state index contributed by atoms with van der Waals surface area (Å²) in [6.07, 6.45) is -0.743. The van der Waals surface area contributed by atoms with Gasteiger partial charge >= 0.3 is 6.18 Å². The summed E-state index contributed by atoms with van der Waals surface area (Å²) in [5.74, 6) is -1.79. The second-order valence-electron chi connectivity index (χ2n) is 7.64. The Labute approximate surface area is 174 Å². The number of rotatable bonds is 6. The molecule has 3 rings (SSSR count). The van der Waals surface area contributed by atoms with Gasteiger partial charge in [-0.05, 0) is 44.9 Å². The Balaban J connectivity index is 1.92. The van der Waals surface area contributed by atoms with E-state index >= 15 is 0 Å².